The highest BCUT2D eigenvalue weighted by Crippen LogP contribution is 2.45. The monoisotopic (exact) mass is 471 g/mol. The molecule has 2 aromatic heterocycles. The van der Waals surface area contributed by atoms with Crippen LogP contribution in [0.1, 0.15) is 38.9 Å². The Balaban J connectivity index is 1.89. The van der Waals surface area contributed by atoms with Crippen molar-refractivity contribution >= 4 is 39.5 Å². The van der Waals surface area contributed by atoms with Gasteiger partial charge in [-0.05, 0) is 38.5 Å². The van der Waals surface area contributed by atoms with Gasteiger partial charge >= 0.3 is 0 Å². The first-order chi connectivity index (χ1) is 15.4. The van der Waals surface area contributed by atoms with E-state index < -0.39 is 23.5 Å². The number of methoxy groups -OCH3 is 1. The summed E-state index contributed by atoms with van der Waals surface area (Å²) in [5.41, 5.74) is 1.13. The zero-order valence-corrected chi connectivity index (χ0v) is 19.5. The lowest BCUT2D eigenvalue weighted by Gasteiger charge is -2.25. The zero-order valence-electron chi connectivity index (χ0n) is 17.9. The molecule has 10 heteroatoms. The number of carbonyl (C=O) groups excluding carboxylic acids is 2. The van der Waals surface area contributed by atoms with Crippen molar-refractivity contribution in [1.29, 1.82) is 0 Å². The molecule has 3 aromatic rings. The van der Waals surface area contributed by atoms with E-state index in [1.54, 1.807) is 43.6 Å². The number of aryl methyl sites for hydroxylation is 2. The van der Waals surface area contributed by atoms with Gasteiger partial charge in [0, 0.05) is 11.6 Å². The van der Waals surface area contributed by atoms with Crippen LogP contribution in [0.4, 0.5) is 5.13 Å². The van der Waals surface area contributed by atoms with Crippen LogP contribution in [0.15, 0.2) is 41.1 Å². The molecule has 4 rings (SSSR count). The summed E-state index contributed by atoms with van der Waals surface area (Å²) in [6.07, 6.45) is 1.57. The number of ether oxygens (including phenoxy) is 2. The molecule has 0 bridgehead atoms. The lowest BCUT2D eigenvalue weighted by atomic mass is 9.95. The number of nitrogens with zero attached hydrogens (tertiary/aromatic N) is 3. The highest BCUT2D eigenvalue weighted by molar-refractivity contribution is 7.14. The van der Waals surface area contributed by atoms with Crippen LogP contribution in [0, 0.1) is 13.8 Å². The minimum atomic E-state index is -0.882. The van der Waals surface area contributed by atoms with Gasteiger partial charge < -0.3 is 14.6 Å². The molecule has 166 valence electrons. The number of ketones is 1. The average molecular weight is 472 g/mol. The molecule has 0 fully saturated rings. The van der Waals surface area contributed by atoms with Gasteiger partial charge in [0.15, 0.2) is 22.4 Å². The molecule has 32 heavy (non-hydrogen) atoms. The molecular weight excluding hydrogens is 450 g/mol. The summed E-state index contributed by atoms with van der Waals surface area (Å²) in [4.78, 5) is 37.0. The van der Waals surface area contributed by atoms with Gasteiger partial charge in [-0.15, -0.1) is 22.7 Å². The van der Waals surface area contributed by atoms with Crippen LogP contribution in [0.2, 0.25) is 0 Å². The van der Waals surface area contributed by atoms with Gasteiger partial charge in [0.25, 0.3) is 5.91 Å². The van der Waals surface area contributed by atoms with Crippen LogP contribution in [0.25, 0.3) is 0 Å². The summed E-state index contributed by atoms with van der Waals surface area (Å²) >= 11 is 2.47. The predicted molar refractivity (Wildman–Crippen MR) is 122 cm³/mol. The highest BCUT2D eigenvalue weighted by Gasteiger charge is 2.46. The molecular formula is C22H21N3O5S2. The van der Waals surface area contributed by atoms with E-state index in [1.165, 1.54) is 34.7 Å². The van der Waals surface area contributed by atoms with E-state index in [0.717, 1.165) is 5.01 Å². The topological polar surface area (TPSA) is 102 Å². The molecule has 0 spiro atoms. The Morgan fingerprint density at radius 3 is 2.66 bits per heavy atom. The van der Waals surface area contributed by atoms with Crippen molar-refractivity contribution in [3.05, 3.63) is 62.3 Å². The van der Waals surface area contributed by atoms with Crippen molar-refractivity contribution in [3.63, 3.8) is 0 Å². The van der Waals surface area contributed by atoms with Gasteiger partial charge in [-0.25, -0.2) is 9.97 Å². The number of Topliss-reactive ketones (excluding diaryl/α,β-unsaturated/α-hetero) is 1. The van der Waals surface area contributed by atoms with Crippen LogP contribution in [-0.2, 0) is 4.79 Å². The molecule has 1 atom stereocenters. The molecule has 0 saturated heterocycles. The van der Waals surface area contributed by atoms with Crippen molar-refractivity contribution in [3.8, 4) is 11.5 Å². The molecule has 1 N–H and O–H groups in total. The van der Waals surface area contributed by atoms with E-state index in [4.69, 9.17) is 9.47 Å². The fourth-order valence-corrected chi connectivity index (χ4v) is 5.22. The maximum atomic E-state index is 13.6. The molecule has 1 aliphatic rings. The third-order valence-electron chi connectivity index (χ3n) is 4.99. The Morgan fingerprint density at radius 1 is 1.28 bits per heavy atom. The van der Waals surface area contributed by atoms with Gasteiger partial charge in [-0.3, -0.25) is 14.5 Å². The largest absolute Gasteiger partial charge is 0.503 e. The van der Waals surface area contributed by atoms with Crippen LogP contribution in [-0.4, -0.2) is 40.5 Å². The Kier molecular flexibility index (Phi) is 5.98. The third-order valence-corrected chi connectivity index (χ3v) is 6.83. The SMILES string of the molecule is CCOc1ccc(C2C(C(=O)c3sc(C)nc3C)=C(O)C(=O)N2c2nccs2)cc1OC. The quantitative estimate of drug-likeness (QED) is 0.509. The number of hydrogen-bond acceptors (Lipinski definition) is 9. The first-order valence-electron chi connectivity index (χ1n) is 9.83. The summed E-state index contributed by atoms with van der Waals surface area (Å²) in [5.74, 6) is -0.706. The van der Waals surface area contributed by atoms with E-state index in [2.05, 4.69) is 9.97 Å². The van der Waals surface area contributed by atoms with Crippen molar-refractivity contribution in [2.75, 3.05) is 18.6 Å². The summed E-state index contributed by atoms with van der Waals surface area (Å²) in [5, 5.41) is 13.7. The van der Waals surface area contributed by atoms with Crippen LogP contribution in [0.3, 0.4) is 0 Å². The number of thiazole rings is 2. The van der Waals surface area contributed by atoms with E-state index in [-0.39, 0.29) is 5.57 Å². The number of rotatable bonds is 7. The second-order valence-corrected chi connectivity index (χ2v) is 9.05. The molecule has 1 amide bonds. The Bertz CT molecular complexity index is 1220. The van der Waals surface area contributed by atoms with E-state index in [0.29, 0.717) is 39.4 Å². The standard InChI is InChI=1S/C22H21N3O5S2/c1-5-30-14-7-6-13(10-15(14)29-4)17-16(18(26)20-11(2)24-12(3)32-20)19(27)21(28)25(17)22-23-8-9-31-22/h6-10,17,27H,5H2,1-4H3. The van der Waals surface area contributed by atoms with Crippen molar-refractivity contribution < 1.29 is 24.2 Å². The minimum Gasteiger partial charge on any atom is -0.503 e. The molecule has 1 aromatic carbocycles. The maximum absolute atomic E-state index is 13.6. The van der Waals surface area contributed by atoms with Gasteiger partial charge in [-0.1, -0.05) is 6.07 Å². The number of amides is 1. The molecule has 0 aliphatic carbocycles. The predicted octanol–water partition coefficient (Wildman–Crippen LogP) is 4.41. The lowest BCUT2D eigenvalue weighted by molar-refractivity contribution is -0.117. The lowest BCUT2D eigenvalue weighted by Crippen LogP contribution is -2.31. The molecule has 8 nitrogen and oxygen atoms in total. The fourth-order valence-electron chi connectivity index (χ4n) is 3.68. The Morgan fingerprint density at radius 2 is 2.06 bits per heavy atom. The van der Waals surface area contributed by atoms with Crippen molar-refractivity contribution in [2.45, 2.75) is 26.8 Å². The van der Waals surface area contributed by atoms with Crippen LogP contribution in [0.5, 0.6) is 11.5 Å². The minimum absolute atomic E-state index is 0.0110. The smallest absolute Gasteiger partial charge is 0.296 e. The second-order valence-electron chi connectivity index (χ2n) is 6.97. The van der Waals surface area contributed by atoms with Crippen molar-refractivity contribution in [2.24, 2.45) is 0 Å². The van der Waals surface area contributed by atoms with Gasteiger partial charge in [0.2, 0.25) is 5.78 Å². The van der Waals surface area contributed by atoms with Gasteiger partial charge in [-0.2, -0.15) is 0 Å². The molecule has 1 aliphatic heterocycles. The summed E-state index contributed by atoms with van der Waals surface area (Å²) in [6.45, 7) is 5.86. The van der Waals surface area contributed by atoms with Gasteiger partial charge in [0.1, 0.15) is 0 Å². The second kappa shape index (κ2) is 8.71. The van der Waals surface area contributed by atoms with Crippen molar-refractivity contribution in [1.82, 2.24) is 9.97 Å². The number of aliphatic hydroxyl groups is 1. The molecule has 3 heterocycles. The normalized spacial score (nSPS) is 16.1. The summed E-state index contributed by atoms with van der Waals surface area (Å²) in [7, 11) is 1.52. The number of aliphatic hydroxyl groups excluding tert-OH is 1. The van der Waals surface area contributed by atoms with E-state index >= 15 is 0 Å². The number of hydrogen-bond donors (Lipinski definition) is 1. The van der Waals surface area contributed by atoms with Crippen LogP contribution < -0.4 is 14.4 Å². The number of carbonyl (C=O) groups is 2. The first kappa shape index (κ1) is 22.0. The average Bonchev–Trinajstić information content (AvgIpc) is 3.47. The highest BCUT2D eigenvalue weighted by atomic mass is 32.1. The molecule has 0 saturated carbocycles. The Hall–Kier alpha value is -3.24. The van der Waals surface area contributed by atoms with E-state index in [1.807, 2.05) is 6.92 Å². The summed E-state index contributed by atoms with van der Waals surface area (Å²) in [6, 6.07) is 4.30. The van der Waals surface area contributed by atoms with Gasteiger partial charge in [0.05, 0.1) is 40.9 Å². The first-order valence-corrected chi connectivity index (χ1v) is 11.5. The van der Waals surface area contributed by atoms with Crippen LogP contribution >= 0.6 is 22.7 Å². The van der Waals surface area contributed by atoms with E-state index in [9.17, 15) is 14.7 Å². The third kappa shape index (κ3) is 3.65. The number of anilines is 1. The number of benzene rings is 1. The Labute approximate surface area is 192 Å². The summed E-state index contributed by atoms with van der Waals surface area (Å²) < 4.78 is 11.1. The maximum Gasteiger partial charge on any atom is 0.296 e. The molecule has 1 unspecified atom stereocenters. The molecule has 0 radical (unpaired) electrons. The number of aromatic nitrogens is 2. The zero-order chi connectivity index (χ0) is 23.0. The fraction of sp³-hybridized carbons (Fsp3) is 0.273.